The maximum atomic E-state index is 12.1. The van der Waals surface area contributed by atoms with Crippen molar-refractivity contribution in [1.82, 2.24) is 4.59 Å². The van der Waals surface area contributed by atoms with Gasteiger partial charge in [-0.3, -0.25) is 0 Å². The molecular formula is C14H23N2O4+. The van der Waals surface area contributed by atoms with Crippen molar-refractivity contribution in [3.63, 3.8) is 0 Å². The van der Waals surface area contributed by atoms with Crippen LogP contribution in [0.4, 0.5) is 5.69 Å². The molecule has 1 aromatic carbocycles. The van der Waals surface area contributed by atoms with Crippen molar-refractivity contribution < 1.29 is 19.7 Å². The summed E-state index contributed by atoms with van der Waals surface area (Å²) in [5.41, 5.74) is 1.36. The molecule has 0 aromatic heterocycles. The van der Waals surface area contributed by atoms with Crippen LogP contribution < -0.4 is 15.2 Å². The number of carbonyl (C=O) groups excluding carboxylic acids is 1. The third-order valence-electron chi connectivity index (χ3n) is 3.31. The fourth-order valence-electron chi connectivity index (χ4n) is 2.17. The van der Waals surface area contributed by atoms with Gasteiger partial charge in [0.2, 0.25) is 0 Å². The molecule has 1 aromatic rings. The lowest BCUT2D eigenvalue weighted by atomic mass is 10.1. The number of benzene rings is 1. The van der Waals surface area contributed by atoms with Gasteiger partial charge in [0.05, 0.1) is 20.1 Å². The monoisotopic (exact) mass is 283 g/mol. The van der Waals surface area contributed by atoms with Gasteiger partial charge in [0.25, 0.3) is 0 Å². The van der Waals surface area contributed by atoms with Gasteiger partial charge in [-0.15, -0.1) is 0 Å². The van der Waals surface area contributed by atoms with E-state index in [0.29, 0.717) is 17.9 Å². The highest BCUT2D eigenvalue weighted by molar-refractivity contribution is 5.87. The van der Waals surface area contributed by atoms with Gasteiger partial charge in [-0.05, 0) is 12.5 Å². The Hall–Kier alpha value is -1.47. The first-order chi connectivity index (χ1) is 9.53. The molecule has 0 bridgehead atoms. The Morgan fingerprint density at radius 1 is 1.35 bits per heavy atom. The zero-order valence-electron chi connectivity index (χ0n) is 12.0. The average molecular weight is 283 g/mol. The van der Waals surface area contributed by atoms with Gasteiger partial charge < -0.3 is 14.9 Å². The molecule has 1 amide bonds. The van der Waals surface area contributed by atoms with Crippen LogP contribution in [0.2, 0.25) is 0 Å². The number of methoxy groups -OCH3 is 1. The normalized spacial score (nSPS) is 13.8. The molecular weight excluding hydrogens is 260 g/mol. The van der Waals surface area contributed by atoms with Gasteiger partial charge >= 0.3 is 5.91 Å². The van der Waals surface area contributed by atoms with Crippen molar-refractivity contribution in [2.24, 2.45) is 5.84 Å². The predicted molar refractivity (Wildman–Crippen MR) is 77.0 cm³/mol. The Morgan fingerprint density at radius 2 is 2.05 bits per heavy atom. The fraction of sp³-hybridized carbons (Fsp3) is 0.500. The number of aliphatic hydroxyl groups excluding tert-OH is 2. The Morgan fingerprint density at radius 3 is 2.55 bits per heavy atom. The minimum atomic E-state index is -0.449. The summed E-state index contributed by atoms with van der Waals surface area (Å²) >= 11 is 0. The SMILES string of the molecule is CCC(=O)[N+](N)(CCO)c1ccc(OC)c(CCO)c1. The number of hydrogen-bond donors (Lipinski definition) is 3. The molecule has 112 valence electrons. The van der Waals surface area contributed by atoms with E-state index in [-0.39, 0.29) is 32.1 Å². The molecule has 0 spiro atoms. The van der Waals surface area contributed by atoms with Crippen LogP contribution in [-0.4, -0.2) is 43.0 Å². The largest absolute Gasteiger partial charge is 0.496 e. The van der Waals surface area contributed by atoms with E-state index < -0.39 is 4.59 Å². The Bertz CT molecular complexity index is 464. The lowest BCUT2D eigenvalue weighted by molar-refractivity contribution is -0.130. The Balaban J connectivity index is 3.27. The highest BCUT2D eigenvalue weighted by atomic mass is 16.5. The zero-order chi connectivity index (χ0) is 15.2. The molecule has 0 heterocycles. The van der Waals surface area contributed by atoms with E-state index >= 15 is 0 Å². The minimum absolute atomic E-state index is 0.0217. The van der Waals surface area contributed by atoms with Crippen molar-refractivity contribution in [3.8, 4) is 5.75 Å². The van der Waals surface area contributed by atoms with Gasteiger partial charge in [-0.25, -0.2) is 4.79 Å². The number of ether oxygens (including phenoxy) is 1. The Kier molecular flexibility index (Phi) is 6.09. The quantitative estimate of drug-likeness (QED) is 0.290. The molecule has 0 aliphatic rings. The van der Waals surface area contributed by atoms with E-state index in [1.807, 2.05) is 0 Å². The maximum Gasteiger partial charge on any atom is 0.337 e. The summed E-state index contributed by atoms with van der Waals surface area (Å²) < 4.78 is 4.77. The number of hydrogen-bond acceptors (Lipinski definition) is 5. The van der Waals surface area contributed by atoms with Gasteiger partial charge in [0.1, 0.15) is 12.3 Å². The van der Waals surface area contributed by atoms with Crippen LogP contribution in [0.1, 0.15) is 18.9 Å². The molecule has 6 nitrogen and oxygen atoms in total. The van der Waals surface area contributed by atoms with Crippen molar-refractivity contribution in [3.05, 3.63) is 23.8 Å². The maximum absolute atomic E-state index is 12.1. The van der Waals surface area contributed by atoms with Gasteiger partial charge in [0, 0.05) is 24.3 Å². The third kappa shape index (κ3) is 3.34. The standard InChI is InChI=1S/C14H23N2O4/c1-3-14(19)16(15,7-9-18)12-4-5-13(20-2)11(10-12)6-8-17/h4-5,10,17-18H,3,6-9,15H2,1-2H3/q+1. The molecule has 20 heavy (non-hydrogen) atoms. The zero-order valence-corrected chi connectivity index (χ0v) is 12.0. The number of aliphatic hydroxyl groups is 2. The van der Waals surface area contributed by atoms with Gasteiger partial charge in [-0.1, -0.05) is 6.92 Å². The topological polar surface area (TPSA) is 92.8 Å². The molecule has 4 N–H and O–H groups in total. The van der Waals surface area contributed by atoms with Crippen molar-refractivity contribution in [2.75, 3.05) is 26.9 Å². The highest BCUT2D eigenvalue weighted by Gasteiger charge is 2.34. The summed E-state index contributed by atoms with van der Waals surface area (Å²) in [4.78, 5) is 12.1. The van der Waals surface area contributed by atoms with E-state index in [1.54, 1.807) is 32.2 Å². The predicted octanol–water partition coefficient (Wildman–Crippen LogP) is 0.340. The summed E-state index contributed by atoms with van der Waals surface area (Å²) in [7, 11) is 1.55. The van der Waals surface area contributed by atoms with Crippen LogP contribution >= 0.6 is 0 Å². The van der Waals surface area contributed by atoms with Gasteiger partial charge in [-0.2, -0.15) is 10.4 Å². The first-order valence-corrected chi connectivity index (χ1v) is 6.62. The second kappa shape index (κ2) is 7.35. The summed E-state index contributed by atoms with van der Waals surface area (Å²) in [5.74, 6) is 6.62. The van der Waals surface area contributed by atoms with Gasteiger partial charge in [0.15, 0.2) is 5.69 Å². The van der Waals surface area contributed by atoms with Crippen molar-refractivity contribution in [2.45, 2.75) is 19.8 Å². The number of rotatable bonds is 7. The second-order valence-corrected chi connectivity index (χ2v) is 4.53. The van der Waals surface area contributed by atoms with E-state index in [1.165, 1.54) is 0 Å². The molecule has 0 aliphatic heterocycles. The van der Waals surface area contributed by atoms with Crippen LogP contribution in [0.3, 0.4) is 0 Å². The molecule has 0 saturated heterocycles. The molecule has 0 fully saturated rings. The van der Waals surface area contributed by atoms with E-state index in [2.05, 4.69) is 0 Å². The molecule has 1 atom stereocenters. The average Bonchev–Trinajstić information content (AvgIpc) is 2.46. The molecule has 6 heteroatoms. The van der Waals surface area contributed by atoms with E-state index in [0.717, 1.165) is 5.56 Å². The number of nitrogens with two attached hydrogens (primary N) is 1. The summed E-state index contributed by atoms with van der Waals surface area (Å²) in [5, 5.41) is 18.3. The second-order valence-electron chi connectivity index (χ2n) is 4.53. The van der Waals surface area contributed by atoms with Crippen LogP contribution in [0.5, 0.6) is 5.75 Å². The summed E-state index contributed by atoms with van der Waals surface area (Å²) in [6.07, 6.45) is 0.689. The highest BCUT2D eigenvalue weighted by Crippen LogP contribution is 2.28. The van der Waals surface area contributed by atoms with Crippen LogP contribution in [0, 0.1) is 0 Å². The number of quaternary nitrogens is 1. The molecule has 0 radical (unpaired) electrons. The number of carbonyl (C=O) groups is 1. The number of amides is 1. The van der Waals surface area contributed by atoms with E-state index in [4.69, 9.17) is 20.8 Å². The third-order valence-corrected chi connectivity index (χ3v) is 3.31. The minimum Gasteiger partial charge on any atom is -0.496 e. The fourth-order valence-corrected chi connectivity index (χ4v) is 2.17. The first-order valence-electron chi connectivity index (χ1n) is 6.62. The number of nitrogens with zero attached hydrogens (tertiary/aromatic N) is 1. The molecule has 1 rings (SSSR count). The van der Waals surface area contributed by atoms with Crippen molar-refractivity contribution >= 4 is 11.6 Å². The lowest BCUT2D eigenvalue weighted by Gasteiger charge is -2.29. The van der Waals surface area contributed by atoms with Crippen molar-refractivity contribution in [1.29, 1.82) is 0 Å². The van der Waals surface area contributed by atoms with Crippen LogP contribution in [0.15, 0.2) is 18.2 Å². The first kappa shape index (κ1) is 16.6. The summed E-state index contributed by atoms with van der Waals surface area (Å²) in [6, 6.07) is 5.18. The lowest BCUT2D eigenvalue weighted by Crippen LogP contribution is -2.61. The van der Waals surface area contributed by atoms with E-state index in [9.17, 15) is 4.79 Å². The molecule has 1 unspecified atom stereocenters. The molecule has 0 aliphatic carbocycles. The Labute approximate surface area is 118 Å². The summed E-state index contributed by atoms with van der Waals surface area (Å²) in [6.45, 7) is 1.63. The van der Waals surface area contributed by atoms with Crippen LogP contribution in [-0.2, 0) is 11.2 Å². The smallest absolute Gasteiger partial charge is 0.337 e. The molecule has 0 saturated carbocycles. The van der Waals surface area contributed by atoms with Crippen LogP contribution in [0.25, 0.3) is 0 Å².